The van der Waals surface area contributed by atoms with Crippen LogP contribution in [-0.4, -0.2) is 10.7 Å². The van der Waals surface area contributed by atoms with Crippen LogP contribution in [0, 0.1) is 0 Å². The summed E-state index contributed by atoms with van der Waals surface area (Å²) in [5.74, 6) is 0.993. The number of nitrogens with zero attached hydrogens (tertiary/aromatic N) is 1. The minimum atomic E-state index is 0.222. The van der Waals surface area contributed by atoms with Gasteiger partial charge in [-0.2, -0.15) is 0 Å². The van der Waals surface area contributed by atoms with Crippen molar-refractivity contribution in [1.29, 1.82) is 0 Å². The van der Waals surface area contributed by atoms with Crippen molar-refractivity contribution in [2.75, 3.05) is 0 Å². The lowest BCUT2D eigenvalue weighted by molar-refractivity contribution is 0.245. The van der Waals surface area contributed by atoms with Gasteiger partial charge in [0.1, 0.15) is 5.75 Å². The first-order chi connectivity index (χ1) is 8.22. The topological polar surface area (TPSA) is 14.2 Å². The summed E-state index contributed by atoms with van der Waals surface area (Å²) in [7, 11) is 0. The number of fused-ring (bicyclic) bond motifs is 1. The van der Waals surface area contributed by atoms with Crippen LogP contribution in [0.3, 0.4) is 0 Å². The van der Waals surface area contributed by atoms with E-state index >= 15 is 0 Å². The molecule has 92 valence electrons. The average Bonchev–Trinajstić information content (AvgIpc) is 2.70. The molecule has 0 spiro atoms. The molecule has 0 saturated heterocycles. The predicted octanol–water partition coefficient (Wildman–Crippen LogP) is 4.23. The summed E-state index contributed by atoms with van der Waals surface area (Å²) >= 11 is 0. The fourth-order valence-corrected chi connectivity index (χ4v) is 2.08. The van der Waals surface area contributed by atoms with Crippen molar-refractivity contribution in [3.05, 3.63) is 30.5 Å². The molecule has 1 aromatic heterocycles. The van der Waals surface area contributed by atoms with E-state index in [4.69, 9.17) is 4.74 Å². The molecule has 0 amide bonds. The quantitative estimate of drug-likeness (QED) is 0.751. The Morgan fingerprint density at radius 1 is 1.24 bits per heavy atom. The Kier molecular flexibility index (Phi) is 3.72. The highest BCUT2D eigenvalue weighted by Crippen LogP contribution is 2.27. The third-order valence-corrected chi connectivity index (χ3v) is 2.89. The lowest BCUT2D eigenvalue weighted by Crippen LogP contribution is -2.05. The summed E-state index contributed by atoms with van der Waals surface area (Å²) in [5, 5.41) is 1.22. The zero-order chi connectivity index (χ0) is 12.3. The fourth-order valence-electron chi connectivity index (χ4n) is 2.08. The van der Waals surface area contributed by atoms with E-state index in [0.29, 0.717) is 0 Å². The first kappa shape index (κ1) is 12.0. The Labute approximate surface area is 103 Å². The smallest absolute Gasteiger partial charge is 0.129 e. The van der Waals surface area contributed by atoms with E-state index in [1.165, 1.54) is 23.7 Å². The molecular weight excluding hydrogens is 210 g/mol. The zero-order valence-electron chi connectivity index (χ0n) is 10.9. The molecule has 2 rings (SSSR count). The van der Waals surface area contributed by atoms with Crippen LogP contribution in [0.5, 0.6) is 5.75 Å². The van der Waals surface area contributed by atoms with Gasteiger partial charge < -0.3 is 9.30 Å². The summed E-state index contributed by atoms with van der Waals surface area (Å²) in [5.41, 5.74) is 1.27. The van der Waals surface area contributed by atoms with Crippen molar-refractivity contribution in [3.63, 3.8) is 0 Å². The van der Waals surface area contributed by atoms with Crippen LogP contribution in [0.15, 0.2) is 30.5 Å². The maximum absolute atomic E-state index is 5.83. The number of unbranched alkanes of at least 4 members (excludes halogenated alkanes) is 1. The largest absolute Gasteiger partial charge is 0.490 e. The molecule has 0 saturated carbocycles. The minimum absolute atomic E-state index is 0.222. The van der Waals surface area contributed by atoms with Crippen molar-refractivity contribution in [2.24, 2.45) is 0 Å². The van der Waals surface area contributed by atoms with Crippen LogP contribution in [-0.2, 0) is 6.54 Å². The Bertz CT molecular complexity index is 485. The van der Waals surface area contributed by atoms with Crippen molar-refractivity contribution >= 4 is 10.9 Å². The van der Waals surface area contributed by atoms with Gasteiger partial charge in [-0.05, 0) is 38.5 Å². The molecule has 17 heavy (non-hydrogen) atoms. The van der Waals surface area contributed by atoms with Crippen molar-refractivity contribution in [1.82, 2.24) is 4.57 Å². The molecule has 0 N–H and O–H groups in total. The number of hydrogen-bond donors (Lipinski definition) is 0. The molecule has 0 aliphatic heterocycles. The van der Waals surface area contributed by atoms with Crippen LogP contribution in [0.4, 0.5) is 0 Å². The van der Waals surface area contributed by atoms with E-state index in [9.17, 15) is 0 Å². The predicted molar refractivity (Wildman–Crippen MR) is 72.6 cm³/mol. The second-order valence-corrected chi connectivity index (χ2v) is 4.72. The van der Waals surface area contributed by atoms with Gasteiger partial charge in [-0.1, -0.05) is 19.4 Å². The van der Waals surface area contributed by atoms with Crippen molar-refractivity contribution in [3.8, 4) is 5.75 Å². The van der Waals surface area contributed by atoms with E-state index < -0.39 is 0 Å². The van der Waals surface area contributed by atoms with Gasteiger partial charge in [-0.3, -0.25) is 0 Å². The highest BCUT2D eigenvalue weighted by Gasteiger charge is 2.07. The number of hydrogen-bond acceptors (Lipinski definition) is 1. The van der Waals surface area contributed by atoms with Gasteiger partial charge in [0.2, 0.25) is 0 Å². The molecule has 2 heteroatoms. The van der Waals surface area contributed by atoms with Gasteiger partial charge >= 0.3 is 0 Å². The normalized spacial score (nSPS) is 11.3. The Morgan fingerprint density at radius 3 is 2.76 bits per heavy atom. The molecule has 0 radical (unpaired) electrons. The van der Waals surface area contributed by atoms with Crippen LogP contribution in [0.1, 0.15) is 33.6 Å². The summed E-state index contributed by atoms with van der Waals surface area (Å²) < 4.78 is 8.14. The highest BCUT2D eigenvalue weighted by atomic mass is 16.5. The maximum Gasteiger partial charge on any atom is 0.129 e. The number of ether oxygens (including phenoxy) is 1. The molecule has 1 heterocycles. The molecule has 2 aromatic rings. The number of aryl methyl sites for hydroxylation is 1. The van der Waals surface area contributed by atoms with E-state index in [1.54, 1.807) is 0 Å². The first-order valence-electron chi connectivity index (χ1n) is 6.47. The van der Waals surface area contributed by atoms with Crippen LogP contribution in [0.25, 0.3) is 10.9 Å². The third-order valence-electron chi connectivity index (χ3n) is 2.89. The maximum atomic E-state index is 5.83. The van der Waals surface area contributed by atoms with Gasteiger partial charge in [0, 0.05) is 18.1 Å². The molecular formula is C15H21NO. The van der Waals surface area contributed by atoms with Crippen LogP contribution < -0.4 is 4.74 Å². The average molecular weight is 231 g/mol. The first-order valence-corrected chi connectivity index (χ1v) is 6.47. The second-order valence-electron chi connectivity index (χ2n) is 4.72. The lowest BCUT2D eigenvalue weighted by atomic mass is 10.2. The molecule has 0 aliphatic rings. The van der Waals surface area contributed by atoms with Crippen LogP contribution in [0.2, 0.25) is 0 Å². The molecule has 1 aromatic carbocycles. The number of aromatic nitrogens is 1. The standard InChI is InChI=1S/C15H21NO/c1-4-5-10-16-11-9-13-14(16)7-6-8-15(13)17-12(2)3/h6-9,11-12H,4-5,10H2,1-3H3. The molecule has 0 bridgehead atoms. The van der Waals surface area contributed by atoms with E-state index in [1.807, 2.05) is 6.07 Å². The van der Waals surface area contributed by atoms with Gasteiger partial charge in [0.15, 0.2) is 0 Å². The lowest BCUT2D eigenvalue weighted by Gasteiger charge is -2.11. The van der Waals surface area contributed by atoms with Crippen LogP contribution >= 0.6 is 0 Å². The summed E-state index contributed by atoms with van der Waals surface area (Å²) in [6.45, 7) is 7.43. The zero-order valence-corrected chi connectivity index (χ0v) is 10.9. The molecule has 0 unspecified atom stereocenters. The summed E-state index contributed by atoms with van der Waals surface area (Å²) in [4.78, 5) is 0. The number of rotatable bonds is 5. The van der Waals surface area contributed by atoms with Gasteiger partial charge in [0.25, 0.3) is 0 Å². The second kappa shape index (κ2) is 5.26. The summed E-state index contributed by atoms with van der Waals surface area (Å²) in [6.07, 6.45) is 4.83. The molecule has 0 aliphatic carbocycles. The Balaban J connectivity index is 2.35. The Hall–Kier alpha value is -1.44. The van der Waals surface area contributed by atoms with E-state index in [2.05, 4.69) is 49.7 Å². The van der Waals surface area contributed by atoms with Crippen molar-refractivity contribution in [2.45, 2.75) is 46.3 Å². The monoisotopic (exact) mass is 231 g/mol. The fraction of sp³-hybridized carbons (Fsp3) is 0.467. The summed E-state index contributed by atoms with van der Waals surface area (Å²) in [6, 6.07) is 8.44. The van der Waals surface area contributed by atoms with Crippen molar-refractivity contribution < 1.29 is 4.74 Å². The molecule has 0 atom stereocenters. The SMILES string of the molecule is CCCCn1ccc2c(OC(C)C)cccc21. The third kappa shape index (κ3) is 2.63. The Morgan fingerprint density at radius 2 is 2.06 bits per heavy atom. The van der Waals surface area contributed by atoms with E-state index in [-0.39, 0.29) is 6.10 Å². The number of benzene rings is 1. The van der Waals surface area contributed by atoms with E-state index in [0.717, 1.165) is 12.3 Å². The van der Waals surface area contributed by atoms with Gasteiger partial charge in [0.05, 0.1) is 11.6 Å². The van der Waals surface area contributed by atoms with Gasteiger partial charge in [-0.25, -0.2) is 0 Å². The highest BCUT2D eigenvalue weighted by molar-refractivity contribution is 5.86. The molecule has 0 fully saturated rings. The minimum Gasteiger partial charge on any atom is -0.490 e. The molecule has 2 nitrogen and oxygen atoms in total. The van der Waals surface area contributed by atoms with Gasteiger partial charge in [-0.15, -0.1) is 0 Å².